The van der Waals surface area contributed by atoms with Gasteiger partial charge in [-0.2, -0.15) is 4.31 Å². The van der Waals surface area contributed by atoms with Gasteiger partial charge in [0.1, 0.15) is 5.75 Å². The molecule has 9 heteroatoms. The number of hydrogen-bond acceptors (Lipinski definition) is 5. The lowest BCUT2D eigenvalue weighted by molar-refractivity contribution is -0.136. The minimum Gasteiger partial charge on any atom is -0.493 e. The fraction of sp³-hybridized carbons (Fsp3) is 0.500. The van der Waals surface area contributed by atoms with Crippen LogP contribution < -0.4 is 4.74 Å². The van der Waals surface area contributed by atoms with Crippen molar-refractivity contribution >= 4 is 27.5 Å². The molecule has 0 unspecified atom stereocenters. The van der Waals surface area contributed by atoms with Crippen molar-refractivity contribution in [2.24, 2.45) is 5.41 Å². The highest BCUT2D eigenvalue weighted by atomic mass is 35.5. The number of likely N-dealkylation sites (N-methyl/N-ethyl adjacent to an activating group) is 1. The molecule has 0 aromatic heterocycles. The summed E-state index contributed by atoms with van der Waals surface area (Å²) in [6.07, 6.45) is 1.65. The predicted octanol–water partition coefficient (Wildman–Crippen LogP) is 3.66. The number of nitrogens with zero attached hydrogens (tertiary/aromatic N) is 3. The van der Waals surface area contributed by atoms with Gasteiger partial charge in [-0.05, 0) is 68.8 Å². The topological polar surface area (TPSA) is 70.2 Å². The van der Waals surface area contributed by atoms with Crippen LogP contribution in [0.2, 0.25) is 5.02 Å². The molecule has 0 N–H and O–H groups in total. The number of carbonyl (C=O) groups excluding carboxylic acids is 1. The van der Waals surface area contributed by atoms with Gasteiger partial charge in [0.05, 0.1) is 11.5 Å². The van der Waals surface area contributed by atoms with Crippen LogP contribution in [0, 0.1) is 12.3 Å². The number of halogens is 1. The molecular weight excluding hydrogens is 486 g/mol. The Hall–Kier alpha value is -2.13. The first-order valence-corrected chi connectivity index (χ1v) is 13.9. The normalized spacial score (nSPS) is 22.2. The van der Waals surface area contributed by atoms with Crippen molar-refractivity contribution in [3.05, 3.63) is 59.1 Å². The Bertz CT molecular complexity index is 1130. The van der Waals surface area contributed by atoms with E-state index in [1.54, 1.807) is 42.5 Å². The standard InChI is InChI=1S/C26H34ClN3O4S/c1-21-5-3-6-24(17-21)35(32,33)30-12-4-11-26(19-30,20-34-23-9-7-22(27)8-10-23)18-25(31)29-15-13-28(2)14-16-29/h3,5-10,17H,4,11-16,18-20H2,1-2H3/t26-/m0/s1. The molecule has 2 aliphatic heterocycles. The van der Waals surface area contributed by atoms with E-state index in [-0.39, 0.29) is 30.4 Å². The Kier molecular flexibility index (Phi) is 8.06. The van der Waals surface area contributed by atoms with Gasteiger partial charge in [0.25, 0.3) is 0 Å². The third-order valence-corrected chi connectivity index (χ3v) is 9.09. The second-order valence-electron chi connectivity index (χ2n) is 9.86. The van der Waals surface area contributed by atoms with Gasteiger partial charge in [-0.25, -0.2) is 8.42 Å². The average Bonchev–Trinajstić information content (AvgIpc) is 2.84. The van der Waals surface area contributed by atoms with Crippen molar-refractivity contribution in [2.75, 3.05) is 52.9 Å². The van der Waals surface area contributed by atoms with Crippen molar-refractivity contribution in [1.29, 1.82) is 0 Å². The summed E-state index contributed by atoms with van der Waals surface area (Å²) < 4.78 is 34.7. The summed E-state index contributed by atoms with van der Waals surface area (Å²) in [5, 5.41) is 0.616. The highest BCUT2D eigenvalue weighted by Crippen LogP contribution is 2.37. The van der Waals surface area contributed by atoms with Crippen molar-refractivity contribution in [2.45, 2.75) is 31.1 Å². The molecule has 0 bridgehead atoms. The summed E-state index contributed by atoms with van der Waals surface area (Å²) in [4.78, 5) is 17.8. The SMILES string of the molecule is Cc1cccc(S(=O)(=O)N2CCC[C@](COc3ccc(Cl)cc3)(CC(=O)N3CCN(C)CC3)C2)c1. The van der Waals surface area contributed by atoms with E-state index in [1.165, 1.54) is 4.31 Å². The number of aryl methyl sites for hydroxylation is 1. The van der Waals surface area contributed by atoms with E-state index in [0.29, 0.717) is 36.8 Å². The van der Waals surface area contributed by atoms with Crippen molar-refractivity contribution in [1.82, 2.24) is 14.1 Å². The molecule has 0 spiro atoms. The minimum absolute atomic E-state index is 0.0626. The zero-order valence-corrected chi connectivity index (χ0v) is 22.0. The maximum atomic E-state index is 13.5. The largest absolute Gasteiger partial charge is 0.493 e. The number of amides is 1. The van der Waals surface area contributed by atoms with E-state index in [4.69, 9.17) is 16.3 Å². The van der Waals surface area contributed by atoms with E-state index < -0.39 is 15.4 Å². The molecule has 0 radical (unpaired) electrons. The second kappa shape index (κ2) is 10.9. The Morgan fingerprint density at radius 2 is 1.77 bits per heavy atom. The molecular formula is C26H34ClN3O4S. The lowest BCUT2D eigenvalue weighted by Crippen LogP contribution is -2.53. The fourth-order valence-corrected chi connectivity index (χ4v) is 6.68. The summed E-state index contributed by atoms with van der Waals surface area (Å²) >= 11 is 6.01. The smallest absolute Gasteiger partial charge is 0.243 e. The Morgan fingerprint density at radius 3 is 2.46 bits per heavy atom. The fourth-order valence-electron chi connectivity index (χ4n) is 4.86. The number of rotatable bonds is 7. The monoisotopic (exact) mass is 519 g/mol. The van der Waals surface area contributed by atoms with Gasteiger partial charge in [-0.1, -0.05) is 23.7 Å². The van der Waals surface area contributed by atoms with Crippen LogP contribution in [0.25, 0.3) is 0 Å². The van der Waals surface area contributed by atoms with E-state index in [9.17, 15) is 13.2 Å². The third-order valence-electron chi connectivity index (χ3n) is 6.99. The van der Waals surface area contributed by atoms with E-state index >= 15 is 0 Å². The molecule has 35 heavy (non-hydrogen) atoms. The predicted molar refractivity (Wildman–Crippen MR) is 137 cm³/mol. The maximum Gasteiger partial charge on any atom is 0.243 e. The summed E-state index contributed by atoms with van der Waals surface area (Å²) in [6.45, 7) is 5.88. The number of piperazine rings is 1. The molecule has 2 heterocycles. The zero-order chi connectivity index (χ0) is 25.1. The van der Waals surface area contributed by atoms with E-state index in [0.717, 1.165) is 25.1 Å². The molecule has 7 nitrogen and oxygen atoms in total. The summed E-state index contributed by atoms with van der Waals surface area (Å²) in [6, 6.07) is 14.1. The van der Waals surface area contributed by atoms with Crippen LogP contribution in [0.5, 0.6) is 5.75 Å². The van der Waals surface area contributed by atoms with Gasteiger partial charge in [-0.15, -0.1) is 0 Å². The number of carbonyl (C=O) groups is 1. The van der Waals surface area contributed by atoms with Gasteiger partial charge < -0.3 is 14.5 Å². The minimum atomic E-state index is -3.68. The zero-order valence-electron chi connectivity index (χ0n) is 20.5. The number of benzene rings is 2. The van der Waals surface area contributed by atoms with Crippen LogP contribution in [0.3, 0.4) is 0 Å². The van der Waals surface area contributed by atoms with Crippen LogP contribution in [-0.4, -0.2) is 81.4 Å². The molecule has 0 saturated carbocycles. The molecule has 4 rings (SSSR count). The molecule has 1 atom stereocenters. The number of sulfonamides is 1. The van der Waals surface area contributed by atoms with Crippen molar-refractivity contribution in [3.63, 3.8) is 0 Å². The van der Waals surface area contributed by atoms with Crippen LogP contribution in [0.15, 0.2) is 53.4 Å². The molecule has 1 amide bonds. The molecule has 2 aliphatic rings. The molecule has 2 aromatic carbocycles. The van der Waals surface area contributed by atoms with Gasteiger partial charge >= 0.3 is 0 Å². The summed E-state index contributed by atoms with van der Waals surface area (Å²) in [7, 11) is -1.63. The molecule has 0 aliphatic carbocycles. The quantitative estimate of drug-likeness (QED) is 0.558. The van der Waals surface area contributed by atoms with Gasteiger partial charge in [0, 0.05) is 56.1 Å². The van der Waals surface area contributed by atoms with Gasteiger partial charge in [-0.3, -0.25) is 4.79 Å². The van der Waals surface area contributed by atoms with Crippen LogP contribution in [-0.2, 0) is 14.8 Å². The number of hydrogen-bond donors (Lipinski definition) is 0. The lowest BCUT2D eigenvalue weighted by atomic mass is 9.78. The number of piperidine rings is 1. The Morgan fingerprint density at radius 1 is 1.06 bits per heavy atom. The van der Waals surface area contributed by atoms with Crippen LogP contribution in [0.4, 0.5) is 0 Å². The number of ether oxygens (including phenoxy) is 1. The highest BCUT2D eigenvalue weighted by molar-refractivity contribution is 7.89. The first kappa shape index (κ1) is 25.9. The van der Waals surface area contributed by atoms with Gasteiger partial charge in [0.2, 0.25) is 15.9 Å². The molecule has 2 fully saturated rings. The third kappa shape index (κ3) is 6.36. The maximum absolute atomic E-state index is 13.5. The summed E-state index contributed by atoms with van der Waals surface area (Å²) in [5.74, 6) is 0.715. The second-order valence-corrected chi connectivity index (χ2v) is 12.2. The van der Waals surface area contributed by atoms with Gasteiger partial charge in [0.15, 0.2) is 0 Å². The first-order chi connectivity index (χ1) is 16.7. The Labute approximate surface area is 213 Å². The van der Waals surface area contributed by atoms with Crippen LogP contribution >= 0.6 is 11.6 Å². The van der Waals surface area contributed by atoms with Crippen molar-refractivity contribution < 1.29 is 17.9 Å². The molecule has 190 valence electrons. The molecule has 2 saturated heterocycles. The average molecular weight is 520 g/mol. The van der Waals surface area contributed by atoms with E-state index in [2.05, 4.69) is 11.9 Å². The Balaban J connectivity index is 1.57. The van der Waals surface area contributed by atoms with E-state index in [1.807, 2.05) is 17.9 Å². The lowest BCUT2D eigenvalue weighted by Gasteiger charge is -2.43. The summed E-state index contributed by atoms with van der Waals surface area (Å²) in [5.41, 5.74) is 0.278. The first-order valence-electron chi connectivity index (χ1n) is 12.1. The van der Waals surface area contributed by atoms with Crippen molar-refractivity contribution in [3.8, 4) is 5.75 Å². The van der Waals surface area contributed by atoms with Crippen LogP contribution in [0.1, 0.15) is 24.8 Å². The highest BCUT2D eigenvalue weighted by Gasteiger charge is 2.43. The molecule has 2 aromatic rings.